The van der Waals surface area contributed by atoms with Crippen LogP contribution in [-0.2, 0) is 0 Å². The fraction of sp³-hybridized carbons (Fsp3) is 0.222. The van der Waals surface area contributed by atoms with Crippen LogP contribution >= 0.6 is 0 Å². The van der Waals surface area contributed by atoms with Gasteiger partial charge in [0.05, 0.1) is 24.1 Å². The zero-order valence-electron chi connectivity index (χ0n) is 14.3. The van der Waals surface area contributed by atoms with Crippen LogP contribution in [0.1, 0.15) is 20.7 Å². The molecule has 1 unspecified atom stereocenters. The van der Waals surface area contributed by atoms with Crippen LogP contribution in [0.5, 0.6) is 11.5 Å². The van der Waals surface area contributed by atoms with Gasteiger partial charge in [0.15, 0.2) is 0 Å². The number of hydrogen-bond acceptors (Lipinski definition) is 7. The third-order valence-corrected chi connectivity index (χ3v) is 4.07. The molecule has 1 atom stereocenters. The second kappa shape index (κ2) is 7.42. The Morgan fingerprint density at radius 2 is 1.78 bits per heavy atom. The predicted molar refractivity (Wildman–Crippen MR) is 93.0 cm³/mol. The first-order valence-electron chi connectivity index (χ1n) is 8.01. The van der Waals surface area contributed by atoms with Gasteiger partial charge < -0.3 is 14.6 Å². The van der Waals surface area contributed by atoms with Crippen molar-refractivity contribution in [2.45, 2.75) is 6.10 Å². The van der Waals surface area contributed by atoms with Crippen molar-refractivity contribution in [3.8, 4) is 11.5 Å². The normalized spacial score (nSPS) is 14.1. The molecule has 9 nitrogen and oxygen atoms in total. The molecule has 2 aromatic carbocycles. The van der Waals surface area contributed by atoms with E-state index in [1.807, 2.05) is 0 Å². The Bertz CT molecular complexity index is 895. The van der Waals surface area contributed by atoms with Crippen LogP contribution in [0, 0.1) is 10.1 Å². The summed E-state index contributed by atoms with van der Waals surface area (Å²) in [7, 11) is 1.53. The summed E-state index contributed by atoms with van der Waals surface area (Å²) >= 11 is 0. The van der Waals surface area contributed by atoms with E-state index >= 15 is 0 Å². The van der Waals surface area contributed by atoms with Crippen LogP contribution in [0.3, 0.4) is 0 Å². The average Bonchev–Trinajstić information content (AvgIpc) is 2.91. The smallest absolute Gasteiger partial charge is 0.282 e. The number of aliphatic hydroxyl groups is 1. The van der Waals surface area contributed by atoms with Crippen LogP contribution in [-0.4, -0.2) is 53.1 Å². The average molecular weight is 372 g/mol. The van der Waals surface area contributed by atoms with E-state index in [1.165, 1.54) is 19.2 Å². The third-order valence-electron chi connectivity index (χ3n) is 4.07. The van der Waals surface area contributed by atoms with Crippen molar-refractivity contribution in [3.05, 3.63) is 63.7 Å². The first-order chi connectivity index (χ1) is 12.9. The molecule has 27 heavy (non-hydrogen) atoms. The number of amides is 2. The number of rotatable bonds is 7. The van der Waals surface area contributed by atoms with Gasteiger partial charge in [-0.3, -0.25) is 24.6 Å². The lowest BCUT2D eigenvalue weighted by molar-refractivity contribution is -0.385. The van der Waals surface area contributed by atoms with E-state index in [0.717, 1.165) is 11.0 Å². The number of ether oxygens (including phenoxy) is 2. The largest absolute Gasteiger partial charge is 0.497 e. The lowest BCUT2D eigenvalue weighted by Gasteiger charge is -2.18. The van der Waals surface area contributed by atoms with Crippen LogP contribution in [0.2, 0.25) is 0 Å². The number of benzene rings is 2. The Labute approximate surface area is 153 Å². The van der Waals surface area contributed by atoms with Crippen LogP contribution in [0.4, 0.5) is 5.69 Å². The standard InChI is InChI=1S/C18H16N2O7/c1-26-12-5-7-13(8-6-12)27-10-11(21)9-19-17(22)14-3-2-4-15(20(24)25)16(14)18(19)23/h2-8,11,21H,9-10H2,1H3. The highest BCUT2D eigenvalue weighted by atomic mass is 16.6. The summed E-state index contributed by atoms with van der Waals surface area (Å²) in [5, 5.41) is 21.2. The van der Waals surface area contributed by atoms with Gasteiger partial charge >= 0.3 is 0 Å². The van der Waals surface area contributed by atoms with Gasteiger partial charge in [0.2, 0.25) is 0 Å². The molecule has 9 heteroatoms. The molecule has 1 aliphatic rings. The van der Waals surface area contributed by atoms with Crippen molar-refractivity contribution in [2.75, 3.05) is 20.3 Å². The van der Waals surface area contributed by atoms with Gasteiger partial charge in [0, 0.05) is 6.07 Å². The number of methoxy groups -OCH3 is 1. The summed E-state index contributed by atoms with van der Waals surface area (Å²) in [5.74, 6) is -0.351. The van der Waals surface area contributed by atoms with Crippen LogP contribution in [0.25, 0.3) is 0 Å². The lowest BCUT2D eigenvalue weighted by atomic mass is 10.1. The van der Waals surface area contributed by atoms with E-state index in [0.29, 0.717) is 11.5 Å². The van der Waals surface area contributed by atoms with E-state index < -0.39 is 28.5 Å². The number of aliphatic hydroxyl groups excluding tert-OH is 1. The number of imide groups is 1. The number of nitrogens with zero attached hydrogens (tertiary/aromatic N) is 2. The van der Waals surface area contributed by atoms with E-state index in [1.54, 1.807) is 24.3 Å². The molecule has 140 valence electrons. The van der Waals surface area contributed by atoms with Crippen molar-refractivity contribution in [1.29, 1.82) is 0 Å². The van der Waals surface area contributed by atoms with Gasteiger partial charge in [-0.2, -0.15) is 0 Å². The Balaban J connectivity index is 1.67. The van der Waals surface area contributed by atoms with Crippen molar-refractivity contribution in [1.82, 2.24) is 4.90 Å². The zero-order valence-corrected chi connectivity index (χ0v) is 14.3. The number of fused-ring (bicyclic) bond motifs is 1. The summed E-state index contributed by atoms with van der Waals surface area (Å²) in [6.45, 7) is -0.499. The highest BCUT2D eigenvalue weighted by molar-refractivity contribution is 6.23. The first-order valence-corrected chi connectivity index (χ1v) is 8.01. The Morgan fingerprint density at radius 1 is 1.11 bits per heavy atom. The Morgan fingerprint density at radius 3 is 2.41 bits per heavy atom. The number of β-amino-alcohol motifs (C(OH)–C–C–N with tert-alkyl or cyclic N) is 1. The molecule has 3 rings (SSSR count). The molecule has 0 radical (unpaired) electrons. The topological polar surface area (TPSA) is 119 Å². The lowest BCUT2D eigenvalue weighted by Crippen LogP contribution is -2.39. The number of hydrogen-bond donors (Lipinski definition) is 1. The molecule has 2 aromatic rings. The minimum Gasteiger partial charge on any atom is -0.497 e. The number of nitro groups is 1. The van der Waals surface area contributed by atoms with Gasteiger partial charge in [-0.05, 0) is 30.3 Å². The molecular formula is C18H16N2O7. The van der Waals surface area contributed by atoms with Gasteiger partial charge in [0.25, 0.3) is 17.5 Å². The van der Waals surface area contributed by atoms with Gasteiger partial charge in [-0.1, -0.05) is 6.07 Å². The van der Waals surface area contributed by atoms with Gasteiger partial charge in [-0.25, -0.2) is 0 Å². The fourth-order valence-electron chi connectivity index (χ4n) is 2.76. The zero-order chi connectivity index (χ0) is 19.6. The highest BCUT2D eigenvalue weighted by Crippen LogP contribution is 2.30. The minimum absolute atomic E-state index is 0.0440. The second-order valence-corrected chi connectivity index (χ2v) is 5.82. The van der Waals surface area contributed by atoms with E-state index in [-0.39, 0.29) is 24.3 Å². The molecule has 0 bridgehead atoms. The monoisotopic (exact) mass is 372 g/mol. The summed E-state index contributed by atoms with van der Waals surface area (Å²) < 4.78 is 10.5. The number of nitro benzene ring substituents is 1. The molecule has 0 fully saturated rings. The van der Waals surface area contributed by atoms with Gasteiger partial charge in [0.1, 0.15) is 29.8 Å². The fourth-order valence-corrected chi connectivity index (χ4v) is 2.76. The third kappa shape index (κ3) is 3.58. The molecule has 0 spiro atoms. The molecule has 0 aromatic heterocycles. The summed E-state index contributed by atoms with van der Waals surface area (Å²) in [4.78, 5) is 36.0. The van der Waals surface area contributed by atoms with Crippen molar-refractivity contribution < 1.29 is 29.1 Å². The predicted octanol–water partition coefficient (Wildman–Crippen LogP) is 1.64. The van der Waals surface area contributed by atoms with Crippen molar-refractivity contribution in [3.63, 3.8) is 0 Å². The molecule has 0 saturated heterocycles. The first kappa shape index (κ1) is 18.3. The van der Waals surface area contributed by atoms with Crippen LogP contribution in [0.15, 0.2) is 42.5 Å². The maximum Gasteiger partial charge on any atom is 0.282 e. The molecule has 1 heterocycles. The summed E-state index contributed by atoms with van der Waals surface area (Å²) in [6.07, 6.45) is -1.16. The molecule has 2 amide bonds. The molecule has 1 N–H and O–H groups in total. The summed E-state index contributed by atoms with van der Waals surface area (Å²) in [6, 6.07) is 10.5. The Hall–Kier alpha value is -3.46. The molecular weight excluding hydrogens is 356 g/mol. The molecule has 1 aliphatic heterocycles. The van der Waals surface area contributed by atoms with E-state index in [9.17, 15) is 24.8 Å². The summed E-state index contributed by atoms with van der Waals surface area (Å²) in [5.41, 5.74) is -0.731. The maximum atomic E-state index is 12.4. The number of carbonyl (C=O) groups is 2. The van der Waals surface area contributed by atoms with E-state index in [2.05, 4.69) is 0 Å². The van der Waals surface area contributed by atoms with Crippen molar-refractivity contribution in [2.24, 2.45) is 0 Å². The number of carbonyl (C=O) groups excluding carboxylic acids is 2. The maximum absolute atomic E-state index is 12.4. The SMILES string of the molecule is COc1ccc(OCC(O)CN2C(=O)c3cccc([N+](=O)[O-])c3C2=O)cc1. The quantitative estimate of drug-likeness (QED) is 0.446. The minimum atomic E-state index is -1.16. The second-order valence-electron chi connectivity index (χ2n) is 5.82. The molecule has 0 aliphatic carbocycles. The Kier molecular flexibility index (Phi) is 5.04. The van der Waals surface area contributed by atoms with Crippen LogP contribution < -0.4 is 9.47 Å². The van der Waals surface area contributed by atoms with Crippen molar-refractivity contribution >= 4 is 17.5 Å². The highest BCUT2D eigenvalue weighted by Gasteiger charge is 2.41. The van der Waals surface area contributed by atoms with E-state index in [4.69, 9.17) is 9.47 Å². The van der Waals surface area contributed by atoms with Gasteiger partial charge in [-0.15, -0.1) is 0 Å². The molecule has 0 saturated carbocycles.